The molecule has 1 aliphatic heterocycles. The quantitative estimate of drug-likeness (QED) is 0.806. The van der Waals surface area contributed by atoms with Gasteiger partial charge in [-0.3, -0.25) is 0 Å². The van der Waals surface area contributed by atoms with E-state index in [-0.39, 0.29) is 0 Å². The molecule has 1 aliphatic rings. The normalized spacial score (nSPS) is 16.5. The third-order valence-corrected chi connectivity index (χ3v) is 4.06. The van der Waals surface area contributed by atoms with Crippen molar-refractivity contribution in [3.05, 3.63) is 16.7 Å². The fourth-order valence-corrected chi connectivity index (χ4v) is 3.33. The number of nitrogens with zero attached hydrogens (tertiary/aromatic N) is 3. The van der Waals surface area contributed by atoms with Crippen molar-refractivity contribution in [3.8, 4) is 0 Å². The summed E-state index contributed by atoms with van der Waals surface area (Å²) in [6.07, 6.45) is 4.37. The summed E-state index contributed by atoms with van der Waals surface area (Å²) in [5.74, 6) is 0. The van der Waals surface area contributed by atoms with Crippen LogP contribution in [0.15, 0.2) is 16.7 Å². The van der Waals surface area contributed by atoms with Gasteiger partial charge in [0.05, 0.1) is 4.70 Å². The van der Waals surface area contributed by atoms with Crippen LogP contribution in [0.5, 0.6) is 0 Å². The molecule has 0 spiro atoms. The molecule has 15 heavy (non-hydrogen) atoms. The Bertz CT molecular complexity index is 490. The van der Waals surface area contributed by atoms with E-state index < -0.39 is 0 Å². The number of hydrogen-bond donors (Lipinski definition) is 0. The number of rotatable bonds is 1. The molecule has 0 atom stereocenters. The summed E-state index contributed by atoms with van der Waals surface area (Å²) >= 11 is 5.16. The van der Waals surface area contributed by atoms with Crippen molar-refractivity contribution in [2.45, 2.75) is 12.8 Å². The lowest BCUT2D eigenvalue weighted by atomic mass is 10.4. The molecule has 0 saturated carbocycles. The molecule has 3 nitrogen and oxygen atoms in total. The van der Waals surface area contributed by atoms with Crippen LogP contribution in [0.4, 0.5) is 5.13 Å². The van der Waals surface area contributed by atoms with Gasteiger partial charge < -0.3 is 4.90 Å². The zero-order chi connectivity index (χ0) is 10.3. The maximum atomic E-state index is 4.55. The summed E-state index contributed by atoms with van der Waals surface area (Å²) < 4.78 is 2.18. The molecule has 3 heterocycles. The van der Waals surface area contributed by atoms with Crippen molar-refractivity contribution in [2.75, 3.05) is 18.0 Å². The van der Waals surface area contributed by atoms with E-state index in [1.807, 2.05) is 0 Å². The average Bonchev–Trinajstić information content (AvgIpc) is 2.84. The Kier molecular flexibility index (Phi) is 2.36. The van der Waals surface area contributed by atoms with E-state index in [2.05, 4.69) is 36.9 Å². The fraction of sp³-hybridized carbons (Fsp3) is 0.400. The van der Waals surface area contributed by atoms with E-state index in [1.165, 1.54) is 12.8 Å². The van der Waals surface area contributed by atoms with Gasteiger partial charge in [0.1, 0.15) is 0 Å². The summed E-state index contributed by atoms with van der Waals surface area (Å²) in [6.45, 7) is 2.28. The molecule has 0 unspecified atom stereocenters. The highest BCUT2D eigenvalue weighted by Crippen LogP contribution is 2.30. The minimum atomic E-state index is 0.866. The standard InChI is InChI=1S/C10H10BrN3S/c11-7-5-8-9(12-6-7)13-10(15-8)14-3-1-2-4-14/h5-6H,1-4H2. The SMILES string of the molecule is Brc1cnc2nc(N3CCCC3)sc2c1. The number of pyridine rings is 1. The van der Waals surface area contributed by atoms with E-state index in [0.717, 1.165) is 33.0 Å². The van der Waals surface area contributed by atoms with Gasteiger partial charge in [0, 0.05) is 23.8 Å². The van der Waals surface area contributed by atoms with Crippen LogP contribution in [-0.4, -0.2) is 23.1 Å². The molecule has 0 N–H and O–H groups in total. The second-order valence-corrected chi connectivity index (χ2v) is 5.59. The van der Waals surface area contributed by atoms with Crippen molar-refractivity contribution in [3.63, 3.8) is 0 Å². The van der Waals surface area contributed by atoms with Crippen LogP contribution < -0.4 is 4.90 Å². The second-order valence-electron chi connectivity index (χ2n) is 3.67. The molecular formula is C10H10BrN3S. The first-order chi connectivity index (χ1) is 7.33. The van der Waals surface area contributed by atoms with Gasteiger partial charge in [-0.1, -0.05) is 11.3 Å². The zero-order valence-corrected chi connectivity index (χ0v) is 10.5. The minimum absolute atomic E-state index is 0.866. The van der Waals surface area contributed by atoms with Crippen LogP contribution in [-0.2, 0) is 0 Å². The smallest absolute Gasteiger partial charge is 0.188 e. The molecule has 5 heteroatoms. The number of fused-ring (bicyclic) bond motifs is 1. The lowest BCUT2D eigenvalue weighted by Gasteiger charge is -2.11. The van der Waals surface area contributed by atoms with E-state index in [1.54, 1.807) is 17.5 Å². The molecule has 78 valence electrons. The Balaban J connectivity index is 2.05. The van der Waals surface area contributed by atoms with Crippen molar-refractivity contribution in [2.24, 2.45) is 0 Å². The van der Waals surface area contributed by atoms with Crippen molar-refractivity contribution in [1.82, 2.24) is 9.97 Å². The molecule has 3 rings (SSSR count). The molecule has 0 aliphatic carbocycles. The van der Waals surface area contributed by atoms with Gasteiger partial charge in [-0.05, 0) is 34.8 Å². The van der Waals surface area contributed by atoms with Gasteiger partial charge in [-0.2, -0.15) is 4.98 Å². The van der Waals surface area contributed by atoms with E-state index in [9.17, 15) is 0 Å². The molecule has 2 aromatic heterocycles. The van der Waals surface area contributed by atoms with Crippen molar-refractivity contribution >= 4 is 42.7 Å². The van der Waals surface area contributed by atoms with Crippen LogP contribution in [0.3, 0.4) is 0 Å². The van der Waals surface area contributed by atoms with Gasteiger partial charge in [-0.25, -0.2) is 4.98 Å². The highest BCUT2D eigenvalue weighted by Gasteiger charge is 2.16. The number of anilines is 1. The molecule has 1 fully saturated rings. The van der Waals surface area contributed by atoms with Gasteiger partial charge in [-0.15, -0.1) is 0 Å². The fourth-order valence-electron chi connectivity index (χ4n) is 1.83. The van der Waals surface area contributed by atoms with Crippen LogP contribution in [0, 0.1) is 0 Å². The number of aromatic nitrogens is 2. The topological polar surface area (TPSA) is 29.0 Å². The van der Waals surface area contributed by atoms with Crippen LogP contribution >= 0.6 is 27.3 Å². The maximum absolute atomic E-state index is 4.55. The predicted molar refractivity (Wildman–Crippen MR) is 66.6 cm³/mol. The van der Waals surface area contributed by atoms with E-state index in [0.29, 0.717) is 0 Å². The highest BCUT2D eigenvalue weighted by atomic mass is 79.9. The minimum Gasteiger partial charge on any atom is -0.348 e. The summed E-state index contributed by atoms with van der Waals surface area (Å²) in [5.41, 5.74) is 0.866. The van der Waals surface area contributed by atoms with Crippen molar-refractivity contribution in [1.29, 1.82) is 0 Å². The Labute approximate surface area is 100 Å². The van der Waals surface area contributed by atoms with E-state index in [4.69, 9.17) is 0 Å². The summed E-state index contributed by atoms with van der Waals surface area (Å²) in [7, 11) is 0. The highest BCUT2D eigenvalue weighted by molar-refractivity contribution is 9.10. The lowest BCUT2D eigenvalue weighted by molar-refractivity contribution is 0.949. The monoisotopic (exact) mass is 283 g/mol. The van der Waals surface area contributed by atoms with Gasteiger partial charge in [0.2, 0.25) is 0 Å². The molecule has 0 aromatic carbocycles. The Morgan fingerprint density at radius 1 is 1.33 bits per heavy atom. The summed E-state index contributed by atoms with van der Waals surface area (Å²) in [4.78, 5) is 11.2. The van der Waals surface area contributed by atoms with Crippen LogP contribution in [0.1, 0.15) is 12.8 Å². The Hall–Kier alpha value is -0.680. The Morgan fingerprint density at radius 3 is 2.93 bits per heavy atom. The van der Waals surface area contributed by atoms with Gasteiger partial charge in [0.25, 0.3) is 0 Å². The summed E-state index contributed by atoms with van der Waals surface area (Å²) in [5, 5.41) is 1.12. The second kappa shape index (κ2) is 3.72. The van der Waals surface area contributed by atoms with Gasteiger partial charge in [0.15, 0.2) is 10.8 Å². The van der Waals surface area contributed by atoms with E-state index >= 15 is 0 Å². The zero-order valence-electron chi connectivity index (χ0n) is 8.11. The molecule has 0 radical (unpaired) electrons. The van der Waals surface area contributed by atoms with Crippen molar-refractivity contribution < 1.29 is 0 Å². The van der Waals surface area contributed by atoms with Crippen LogP contribution in [0.2, 0.25) is 0 Å². The largest absolute Gasteiger partial charge is 0.348 e. The first kappa shape index (κ1) is 9.54. The first-order valence-corrected chi connectivity index (χ1v) is 6.61. The number of thiazole rings is 1. The molecule has 0 bridgehead atoms. The third-order valence-electron chi connectivity index (χ3n) is 2.58. The lowest BCUT2D eigenvalue weighted by Crippen LogP contribution is -2.16. The molecule has 1 saturated heterocycles. The van der Waals surface area contributed by atoms with Gasteiger partial charge >= 0.3 is 0 Å². The maximum Gasteiger partial charge on any atom is 0.188 e. The predicted octanol–water partition coefficient (Wildman–Crippen LogP) is 3.05. The average molecular weight is 284 g/mol. The number of hydrogen-bond acceptors (Lipinski definition) is 4. The number of halogens is 1. The first-order valence-electron chi connectivity index (χ1n) is 5.00. The molecular weight excluding hydrogens is 274 g/mol. The Morgan fingerprint density at radius 2 is 2.13 bits per heavy atom. The summed E-state index contributed by atoms with van der Waals surface area (Å²) in [6, 6.07) is 2.08. The molecule has 0 amide bonds. The molecule has 2 aromatic rings. The third kappa shape index (κ3) is 1.74. The van der Waals surface area contributed by atoms with Crippen LogP contribution in [0.25, 0.3) is 10.3 Å².